The number of rotatable bonds is 10. The SMILES string of the molecule is C/C(=N/NC(=O)CN(c1ccccc1)S(=O)(=O)c1ccccc1[N+](=O)[O-])c1cccc(NC(=O)c2cccc(Cl)c2)c1. The van der Waals surface area contributed by atoms with Crippen LogP contribution in [0.3, 0.4) is 0 Å². The fourth-order valence-corrected chi connectivity index (χ4v) is 5.66. The van der Waals surface area contributed by atoms with Crippen molar-refractivity contribution in [2.45, 2.75) is 11.8 Å². The molecule has 0 aliphatic carbocycles. The fraction of sp³-hybridized carbons (Fsp3) is 0.0690. The molecule has 0 aromatic heterocycles. The largest absolute Gasteiger partial charge is 0.322 e. The zero-order valence-electron chi connectivity index (χ0n) is 22.1. The Hall–Kier alpha value is -5.07. The Bertz CT molecular complexity index is 1780. The van der Waals surface area contributed by atoms with Crippen molar-refractivity contribution in [2.24, 2.45) is 5.10 Å². The van der Waals surface area contributed by atoms with Gasteiger partial charge in [0, 0.05) is 22.3 Å². The van der Waals surface area contributed by atoms with Crippen LogP contribution in [0.1, 0.15) is 22.8 Å². The number of carbonyl (C=O) groups excluding carboxylic acids is 2. The predicted octanol–water partition coefficient (Wildman–Crippen LogP) is 5.24. The van der Waals surface area contributed by atoms with Crippen LogP contribution in [0.2, 0.25) is 5.02 Å². The van der Waals surface area contributed by atoms with E-state index >= 15 is 0 Å². The van der Waals surface area contributed by atoms with E-state index in [-0.39, 0.29) is 11.6 Å². The van der Waals surface area contributed by atoms with E-state index < -0.39 is 38.0 Å². The predicted molar refractivity (Wildman–Crippen MR) is 160 cm³/mol. The third-order valence-corrected chi connectivity index (χ3v) is 7.99. The Morgan fingerprint density at radius 3 is 2.29 bits per heavy atom. The summed E-state index contributed by atoms with van der Waals surface area (Å²) < 4.78 is 27.9. The maximum absolute atomic E-state index is 13.6. The summed E-state index contributed by atoms with van der Waals surface area (Å²) in [6.07, 6.45) is 0. The van der Waals surface area contributed by atoms with E-state index in [0.717, 1.165) is 16.4 Å². The molecule has 42 heavy (non-hydrogen) atoms. The highest BCUT2D eigenvalue weighted by Crippen LogP contribution is 2.29. The molecule has 0 spiro atoms. The Morgan fingerprint density at radius 2 is 1.57 bits per heavy atom. The number of sulfonamides is 1. The minimum atomic E-state index is -4.52. The van der Waals surface area contributed by atoms with E-state index in [1.165, 1.54) is 30.3 Å². The van der Waals surface area contributed by atoms with Crippen molar-refractivity contribution < 1.29 is 22.9 Å². The van der Waals surface area contributed by atoms with Crippen molar-refractivity contribution >= 4 is 56.2 Å². The summed E-state index contributed by atoms with van der Waals surface area (Å²) in [7, 11) is -4.52. The second kappa shape index (κ2) is 13.1. The van der Waals surface area contributed by atoms with Crippen molar-refractivity contribution in [2.75, 3.05) is 16.2 Å². The minimum absolute atomic E-state index is 0.134. The van der Waals surface area contributed by atoms with Crippen LogP contribution in [-0.4, -0.2) is 37.4 Å². The summed E-state index contributed by atoms with van der Waals surface area (Å²) in [6, 6.07) is 25.9. The van der Waals surface area contributed by atoms with Crippen LogP contribution in [-0.2, 0) is 14.8 Å². The van der Waals surface area contributed by atoms with Gasteiger partial charge in [0.2, 0.25) is 0 Å². The first-order valence-electron chi connectivity index (χ1n) is 12.4. The highest BCUT2D eigenvalue weighted by molar-refractivity contribution is 7.93. The summed E-state index contributed by atoms with van der Waals surface area (Å²) in [5.41, 5.74) is 3.66. The summed E-state index contributed by atoms with van der Waals surface area (Å²) in [4.78, 5) is 35.7. The number of nitro groups is 1. The van der Waals surface area contributed by atoms with Crippen molar-refractivity contribution in [1.82, 2.24) is 5.43 Å². The monoisotopic (exact) mass is 605 g/mol. The molecule has 4 aromatic rings. The van der Waals surface area contributed by atoms with Crippen LogP contribution < -0.4 is 15.0 Å². The van der Waals surface area contributed by atoms with Gasteiger partial charge in [0.1, 0.15) is 6.54 Å². The van der Waals surface area contributed by atoms with Gasteiger partial charge in [0.05, 0.1) is 16.3 Å². The molecule has 0 heterocycles. The highest BCUT2D eigenvalue weighted by Gasteiger charge is 2.33. The number of nitro benzene ring substituents is 1. The molecule has 11 nitrogen and oxygen atoms in total. The van der Waals surface area contributed by atoms with Crippen LogP contribution in [0, 0.1) is 10.1 Å². The summed E-state index contributed by atoms with van der Waals surface area (Å²) in [5, 5.41) is 18.8. The number of halogens is 1. The number of benzene rings is 4. The summed E-state index contributed by atoms with van der Waals surface area (Å²) in [5.74, 6) is -1.15. The lowest BCUT2D eigenvalue weighted by Gasteiger charge is -2.23. The smallest absolute Gasteiger partial charge is 0.289 e. The van der Waals surface area contributed by atoms with Crippen LogP contribution in [0.5, 0.6) is 0 Å². The number of nitrogens with zero attached hydrogens (tertiary/aromatic N) is 3. The molecule has 0 aliphatic rings. The molecule has 4 aromatic carbocycles. The van der Waals surface area contributed by atoms with Crippen LogP contribution in [0.15, 0.2) is 113 Å². The van der Waals surface area contributed by atoms with Gasteiger partial charge in [-0.2, -0.15) is 5.10 Å². The van der Waals surface area contributed by atoms with Crippen LogP contribution in [0.4, 0.5) is 17.1 Å². The standard InChI is InChI=1S/C29H24ClN5O6S/c1-20(21-9-8-12-24(18-21)31-29(37)22-10-7-11-23(30)17-22)32-33-28(36)19-34(25-13-3-2-4-14-25)42(40,41)27-16-6-5-15-26(27)35(38)39/h2-18H,19H2,1H3,(H,31,37)(H,33,36)/b32-20-. The minimum Gasteiger partial charge on any atom is -0.322 e. The summed E-state index contributed by atoms with van der Waals surface area (Å²) >= 11 is 5.97. The molecular weight excluding hydrogens is 582 g/mol. The van der Waals surface area contributed by atoms with Crippen molar-refractivity contribution in [3.63, 3.8) is 0 Å². The van der Waals surface area contributed by atoms with E-state index in [1.807, 2.05) is 0 Å². The lowest BCUT2D eigenvalue weighted by atomic mass is 10.1. The molecule has 0 radical (unpaired) electrons. The number of carbonyl (C=O) groups is 2. The van der Waals surface area contributed by atoms with Crippen LogP contribution in [0.25, 0.3) is 0 Å². The number of nitrogens with one attached hydrogen (secondary N) is 2. The zero-order valence-corrected chi connectivity index (χ0v) is 23.7. The van der Waals surface area contributed by atoms with Gasteiger partial charge in [0.25, 0.3) is 27.5 Å². The van der Waals surface area contributed by atoms with Crippen molar-refractivity contribution in [3.05, 3.63) is 129 Å². The average molecular weight is 606 g/mol. The van der Waals surface area contributed by atoms with Gasteiger partial charge >= 0.3 is 0 Å². The Balaban J connectivity index is 1.52. The van der Waals surface area contributed by atoms with Gasteiger partial charge in [-0.15, -0.1) is 0 Å². The molecule has 4 rings (SSSR count). The molecule has 0 saturated heterocycles. The molecule has 0 fully saturated rings. The Labute approximate surface area is 246 Å². The molecule has 0 saturated carbocycles. The third kappa shape index (κ3) is 7.16. The first-order valence-corrected chi connectivity index (χ1v) is 14.2. The molecule has 2 amide bonds. The molecule has 0 aliphatic heterocycles. The van der Waals surface area contributed by atoms with Gasteiger partial charge in [-0.25, -0.2) is 13.8 Å². The van der Waals surface area contributed by atoms with E-state index in [9.17, 15) is 28.1 Å². The van der Waals surface area contributed by atoms with E-state index in [4.69, 9.17) is 11.6 Å². The molecular formula is C29H24ClN5O6S. The highest BCUT2D eigenvalue weighted by atomic mass is 35.5. The Morgan fingerprint density at radius 1 is 0.905 bits per heavy atom. The lowest BCUT2D eigenvalue weighted by molar-refractivity contribution is -0.387. The van der Waals surface area contributed by atoms with Gasteiger partial charge in [0.15, 0.2) is 4.90 Å². The first kappa shape index (κ1) is 29.9. The average Bonchev–Trinajstić information content (AvgIpc) is 2.99. The maximum Gasteiger partial charge on any atom is 0.289 e. The molecule has 0 bridgehead atoms. The first-order chi connectivity index (χ1) is 20.1. The molecule has 214 valence electrons. The zero-order chi connectivity index (χ0) is 30.3. The van der Waals surface area contributed by atoms with Gasteiger partial charge < -0.3 is 5.32 Å². The number of para-hydroxylation sites is 2. The van der Waals surface area contributed by atoms with Gasteiger partial charge in [-0.1, -0.05) is 60.1 Å². The van der Waals surface area contributed by atoms with Crippen molar-refractivity contribution in [1.29, 1.82) is 0 Å². The number of amides is 2. The van der Waals surface area contributed by atoms with E-state index in [1.54, 1.807) is 67.6 Å². The quantitative estimate of drug-likeness (QED) is 0.143. The Kier molecular flexibility index (Phi) is 9.30. The van der Waals surface area contributed by atoms with Crippen molar-refractivity contribution in [3.8, 4) is 0 Å². The fourth-order valence-electron chi connectivity index (χ4n) is 3.89. The lowest BCUT2D eigenvalue weighted by Crippen LogP contribution is -2.40. The number of anilines is 2. The normalized spacial score (nSPS) is 11.4. The summed E-state index contributed by atoms with van der Waals surface area (Å²) in [6.45, 7) is 0.919. The molecule has 13 heteroatoms. The van der Waals surface area contributed by atoms with E-state index in [2.05, 4.69) is 15.8 Å². The molecule has 0 atom stereocenters. The van der Waals surface area contributed by atoms with E-state index in [0.29, 0.717) is 27.5 Å². The topological polar surface area (TPSA) is 151 Å². The number of hydrazone groups is 1. The second-order valence-electron chi connectivity index (χ2n) is 8.85. The molecule has 0 unspecified atom stereocenters. The third-order valence-electron chi connectivity index (χ3n) is 5.93. The van der Waals surface area contributed by atoms with Gasteiger partial charge in [-0.3, -0.25) is 24.0 Å². The van der Waals surface area contributed by atoms with Gasteiger partial charge in [-0.05, 0) is 61.0 Å². The molecule has 2 N–H and O–H groups in total. The number of hydrogen-bond acceptors (Lipinski definition) is 7. The maximum atomic E-state index is 13.6. The second-order valence-corrected chi connectivity index (χ2v) is 11.1. The number of hydrogen-bond donors (Lipinski definition) is 2. The van der Waals surface area contributed by atoms with Crippen LogP contribution >= 0.6 is 11.6 Å².